The molecule has 0 saturated heterocycles. The van der Waals surface area contributed by atoms with Crippen LogP contribution in [0.25, 0.3) is 43.5 Å². The minimum absolute atomic E-state index is 0.993. The first kappa shape index (κ1) is 11.8. The van der Waals surface area contributed by atoms with Gasteiger partial charge in [-0.05, 0) is 29.3 Å². The predicted octanol–water partition coefficient (Wildman–Crippen LogP) is 6.20. The van der Waals surface area contributed by atoms with Gasteiger partial charge in [0.25, 0.3) is 0 Å². The van der Waals surface area contributed by atoms with Gasteiger partial charge in [-0.3, -0.25) is 0 Å². The van der Waals surface area contributed by atoms with Crippen molar-refractivity contribution in [3.8, 4) is 0 Å². The molecule has 0 saturated carbocycles. The number of aryl methyl sites for hydroxylation is 1. The standard InChI is InChI=1S/C21H14O/c1-13-12-15-7-3-5-9-17(15)21-19(13)18-11-10-14-6-2-4-8-16(14)20(18)22-21/h2-12H,1H3. The van der Waals surface area contributed by atoms with E-state index < -0.39 is 0 Å². The highest BCUT2D eigenvalue weighted by molar-refractivity contribution is 6.21. The summed E-state index contributed by atoms with van der Waals surface area (Å²) >= 11 is 0. The SMILES string of the molecule is Cc1cc2ccccc2c2oc3c4ccccc4ccc3c12. The van der Waals surface area contributed by atoms with Crippen LogP contribution in [0.2, 0.25) is 0 Å². The summed E-state index contributed by atoms with van der Waals surface area (Å²) in [6, 6.07) is 23.5. The molecule has 0 aliphatic heterocycles. The number of benzene rings is 4. The van der Waals surface area contributed by atoms with Crippen LogP contribution >= 0.6 is 0 Å². The van der Waals surface area contributed by atoms with Gasteiger partial charge in [-0.15, -0.1) is 0 Å². The molecule has 1 heterocycles. The lowest BCUT2D eigenvalue weighted by Crippen LogP contribution is -1.78. The molecule has 0 atom stereocenters. The van der Waals surface area contributed by atoms with Crippen molar-refractivity contribution in [2.45, 2.75) is 6.92 Å². The molecule has 22 heavy (non-hydrogen) atoms. The Morgan fingerprint density at radius 2 is 1.32 bits per heavy atom. The summed E-state index contributed by atoms with van der Waals surface area (Å²) in [6.45, 7) is 2.17. The molecule has 1 heteroatoms. The van der Waals surface area contributed by atoms with Gasteiger partial charge in [0.15, 0.2) is 0 Å². The molecule has 0 aliphatic rings. The zero-order valence-electron chi connectivity index (χ0n) is 12.3. The largest absolute Gasteiger partial charge is 0.455 e. The van der Waals surface area contributed by atoms with Crippen LogP contribution in [0, 0.1) is 6.92 Å². The Kier molecular flexibility index (Phi) is 2.21. The summed E-state index contributed by atoms with van der Waals surface area (Å²) in [5, 5.41) is 7.26. The molecule has 5 aromatic rings. The van der Waals surface area contributed by atoms with E-state index in [1.807, 2.05) is 0 Å². The van der Waals surface area contributed by atoms with E-state index in [1.165, 1.54) is 37.9 Å². The van der Waals surface area contributed by atoms with Gasteiger partial charge in [-0.2, -0.15) is 0 Å². The minimum Gasteiger partial charge on any atom is -0.455 e. The molecule has 0 unspecified atom stereocenters. The van der Waals surface area contributed by atoms with Crippen LogP contribution in [0.1, 0.15) is 5.56 Å². The van der Waals surface area contributed by atoms with Crippen LogP contribution in [0.15, 0.2) is 71.1 Å². The summed E-state index contributed by atoms with van der Waals surface area (Å²) in [5.74, 6) is 0. The second kappa shape index (κ2) is 4.11. The maximum Gasteiger partial charge on any atom is 0.143 e. The normalized spacial score (nSPS) is 11.9. The monoisotopic (exact) mass is 282 g/mol. The van der Waals surface area contributed by atoms with Gasteiger partial charge in [0, 0.05) is 21.5 Å². The molecule has 1 aromatic heterocycles. The number of hydrogen-bond donors (Lipinski definition) is 0. The van der Waals surface area contributed by atoms with Crippen molar-refractivity contribution in [3.05, 3.63) is 72.3 Å². The van der Waals surface area contributed by atoms with E-state index >= 15 is 0 Å². The van der Waals surface area contributed by atoms with Crippen LogP contribution in [0.4, 0.5) is 0 Å². The topological polar surface area (TPSA) is 13.1 Å². The highest BCUT2D eigenvalue weighted by Gasteiger charge is 2.14. The fourth-order valence-electron chi connectivity index (χ4n) is 3.54. The van der Waals surface area contributed by atoms with E-state index in [4.69, 9.17) is 4.42 Å². The quantitative estimate of drug-likeness (QED) is 0.329. The average Bonchev–Trinajstić information content (AvgIpc) is 2.96. The molecular weight excluding hydrogens is 268 g/mol. The van der Waals surface area contributed by atoms with Gasteiger partial charge in [0.2, 0.25) is 0 Å². The lowest BCUT2D eigenvalue weighted by atomic mass is 10.00. The van der Waals surface area contributed by atoms with Crippen LogP contribution < -0.4 is 0 Å². The van der Waals surface area contributed by atoms with Crippen LogP contribution in [-0.4, -0.2) is 0 Å². The molecule has 0 N–H and O–H groups in total. The third-order valence-electron chi connectivity index (χ3n) is 4.55. The van der Waals surface area contributed by atoms with E-state index in [2.05, 4.69) is 73.7 Å². The molecule has 0 aliphatic carbocycles. The lowest BCUT2D eigenvalue weighted by molar-refractivity contribution is 0.676. The first-order chi connectivity index (χ1) is 10.8. The lowest BCUT2D eigenvalue weighted by Gasteiger charge is -2.01. The summed E-state index contributed by atoms with van der Waals surface area (Å²) < 4.78 is 6.36. The van der Waals surface area contributed by atoms with E-state index in [0.717, 1.165) is 11.2 Å². The van der Waals surface area contributed by atoms with Crippen molar-refractivity contribution in [2.75, 3.05) is 0 Å². The Bertz CT molecular complexity index is 1180. The summed E-state index contributed by atoms with van der Waals surface area (Å²) in [4.78, 5) is 0. The van der Waals surface area contributed by atoms with Gasteiger partial charge in [-0.1, -0.05) is 60.7 Å². The smallest absolute Gasteiger partial charge is 0.143 e. The Balaban J connectivity index is 2.12. The van der Waals surface area contributed by atoms with Gasteiger partial charge < -0.3 is 4.42 Å². The van der Waals surface area contributed by atoms with Crippen molar-refractivity contribution in [1.29, 1.82) is 0 Å². The van der Waals surface area contributed by atoms with Crippen LogP contribution in [-0.2, 0) is 0 Å². The van der Waals surface area contributed by atoms with Crippen molar-refractivity contribution in [2.24, 2.45) is 0 Å². The zero-order chi connectivity index (χ0) is 14.7. The average molecular weight is 282 g/mol. The summed E-state index contributed by atoms with van der Waals surface area (Å²) in [7, 11) is 0. The molecule has 5 rings (SSSR count). The van der Waals surface area contributed by atoms with Crippen LogP contribution in [0.5, 0.6) is 0 Å². The maximum absolute atomic E-state index is 6.36. The van der Waals surface area contributed by atoms with Crippen molar-refractivity contribution >= 4 is 43.5 Å². The highest BCUT2D eigenvalue weighted by atomic mass is 16.3. The fraction of sp³-hybridized carbons (Fsp3) is 0.0476. The first-order valence-electron chi connectivity index (χ1n) is 7.55. The Labute approximate surface area is 127 Å². The molecular formula is C21H14O. The zero-order valence-corrected chi connectivity index (χ0v) is 12.3. The Morgan fingerprint density at radius 3 is 2.14 bits per heavy atom. The van der Waals surface area contributed by atoms with Crippen molar-refractivity contribution < 1.29 is 4.42 Å². The van der Waals surface area contributed by atoms with E-state index in [0.29, 0.717) is 0 Å². The Hall–Kier alpha value is -2.80. The van der Waals surface area contributed by atoms with Gasteiger partial charge in [0.05, 0.1) is 0 Å². The van der Waals surface area contributed by atoms with Gasteiger partial charge in [-0.25, -0.2) is 0 Å². The number of hydrogen-bond acceptors (Lipinski definition) is 1. The van der Waals surface area contributed by atoms with E-state index in [-0.39, 0.29) is 0 Å². The highest BCUT2D eigenvalue weighted by Crippen LogP contribution is 2.39. The molecule has 0 spiro atoms. The maximum atomic E-state index is 6.36. The van der Waals surface area contributed by atoms with Gasteiger partial charge >= 0.3 is 0 Å². The predicted molar refractivity (Wildman–Crippen MR) is 93.5 cm³/mol. The third-order valence-corrected chi connectivity index (χ3v) is 4.55. The molecule has 0 radical (unpaired) electrons. The summed E-state index contributed by atoms with van der Waals surface area (Å²) in [5.41, 5.74) is 3.26. The van der Waals surface area contributed by atoms with E-state index in [1.54, 1.807) is 0 Å². The second-order valence-corrected chi connectivity index (χ2v) is 5.88. The minimum atomic E-state index is 0.993. The number of fused-ring (bicyclic) bond motifs is 7. The molecule has 1 nitrogen and oxygen atoms in total. The third kappa shape index (κ3) is 1.43. The second-order valence-electron chi connectivity index (χ2n) is 5.88. The number of rotatable bonds is 0. The van der Waals surface area contributed by atoms with Crippen molar-refractivity contribution in [1.82, 2.24) is 0 Å². The molecule has 0 bridgehead atoms. The molecule has 0 fully saturated rings. The molecule has 104 valence electrons. The van der Waals surface area contributed by atoms with Crippen molar-refractivity contribution in [3.63, 3.8) is 0 Å². The van der Waals surface area contributed by atoms with Crippen LogP contribution in [0.3, 0.4) is 0 Å². The number of furan rings is 1. The fourth-order valence-corrected chi connectivity index (χ4v) is 3.54. The Morgan fingerprint density at radius 1 is 0.636 bits per heavy atom. The molecule has 0 amide bonds. The molecule has 4 aromatic carbocycles. The first-order valence-corrected chi connectivity index (χ1v) is 7.55. The van der Waals surface area contributed by atoms with E-state index in [9.17, 15) is 0 Å². The summed E-state index contributed by atoms with van der Waals surface area (Å²) in [6.07, 6.45) is 0. The van der Waals surface area contributed by atoms with Gasteiger partial charge in [0.1, 0.15) is 11.2 Å².